The number of aromatic nitrogens is 1. The Labute approximate surface area is 116 Å². The first kappa shape index (κ1) is 15.6. The van der Waals surface area contributed by atoms with Gasteiger partial charge in [-0.1, -0.05) is 0 Å². The highest BCUT2D eigenvalue weighted by Gasteiger charge is 2.09. The third-order valence-electron chi connectivity index (χ3n) is 2.27. The third-order valence-corrected chi connectivity index (χ3v) is 3.23. The molecule has 0 spiro atoms. The van der Waals surface area contributed by atoms with Crippen LogP contribution in [0.25, 0.3) is 0 Å². The van der Waals surface area contributed by atoms with Gasteiger partial charge in [-0.25, -0.2) is 4.98 Å². The van der Waals surface area contributed by atoms with Gasteiger partial charge in [-0.05, 0) is 19.9 Å². The SMILES string of the molecule is CCOC(=O)CNC(=O)Cc1csc(CCCN)n1. The molecule has 0 saturated heterocycles. The number of nitrogens with two attached hydrogens (primary N) is 1. The summed E-state index contributed by atoms with van der Waals surface area (Å²) in [6.07, 6.45) is 1.91. The molecule has 6 nitrogen and oxygen atoms in total. The maximum Gasteiger partial charge on any atom is 0.325 e. The fraction of sp³-hybridized carbons (Fsp3) is 0.583. The second kappa shape index (κ2) is 8.60. The maximum absolute atomic E-state index is 11.6. The predicted octanol–water partition coefficient (Wildman–Crippen LogP) is 0.256. The first-order valence-corrected chi connectivity index (χ1v) is 7.09. The Morgan fingerprint density at radius 2 is 2.32 bits per heavy atom. The van der Waals surface area contributed by atoms with E-state index < -0.39 is 5.97 Å². The number of nitrogens with zero attached hydrogens (tertiary/aromatic N) is 1. The van der Waals surface area contributed by atoms with E-state index in [4.69, 9.17) is 10.5 Å². The zero-order valence-corrected chi connectivity index (χ0v) is 11.8. The van der Waals surface area contributed by atoms with E-state index in [1.54, 1.807) is 6.92 Å². The van der Waals surface area contributed by atoms with E-state index in [0.29, 0.717) is 13.2 Å². The van der Waals surface area contributed by atoms with E-state index in [0.717, 1.165) is 23.5 Å². The van der Waals surface area contributed by atoms with Crippen LogP contribution in [0.15, 0.2) is 5.38 Å². The van der Waals surface area contributed by atoms with Crippen molar-refractivity contribution in [3.8, 4) is 0 Å². The summed E-state index contributed by atoms with van der Waals surface area (Å²) in [4.78, 5) is 27.0. The summed E-state index contributed by atoms with van der Waals surface area (Å²) in [6.45, 7) is 2.56. The molecular formula is C12H19N3O3S. The molecule has 0 aliphatic rings. The second-order valence-corrected chi connectivity index (χ2v) is 4.83. The lowest BCUT2D eigenvalue weighted by molar-refractivity contribution is -0.143. The molecule has 1 heterocycles. The van der Waals surface area contributed by atoms with E-state index in [9.17, 15) is 9.59 Å². The van der Waals surface area contributed by atoms with Crippen molar-refractivity contribution in [2.45, 2.75) is 26.2 Å². The minimum atomic E-state index is -0.433. The van der Waals surface area contributed by atoms with Crippen LogP contribution in [0.2, 0.25) is 0 Å². The maximum atomic E-state index is 11.6. The zero-order valence-electron chi connectivity index (χ0n) is 11.0. The fourth-order valence-corrected chi connectivity index (χ4v) is 2.25. The molecule has 1 amide bonds. The van der Waals surface area contributed by atoms with Crippen LogP contribution >= 0.6 is 11.3 Å². The van der Waals surface area contributed by atoms with Gasteiger partial charge in [0, 0.05) is 11.8 Å². The third kappa shape index (κ3) is 6.30. The predicted molar refractivity (Wildman–Crippen MR) is 72.8 cm³/mol. The monoisotopic (exact) mass is 285 g/mol. The van der Waals surface area contributed by atoms with Crippen molar-refractivity contribution in [3.05, 3.63) is 16.1 Å². The summed E-state index contributed by atoms with van der Waals surface area (Å²) >= 11 is 1.53. The van der Waals surface area contributed by atoms with Crippen molar-refractivity contribution in [2.75, 3.05) is 19.7 Å². The largest absolute Gasteiger partial charge is 0.465 e. The van der Waals surface area contributed by atoms with Crippen LogP contribution in [0, 0.1) is 0 Å². The lowest BCUT2D eigenvalue weighted by Gasteiger charge is -2.03. The normalized spacial score (nSPS) is 10.2. The van der Waals surface area contributed by atoms with E-state index in [1.165, 1.54) is 11.3 Å². The van der Waals surface area contributed by atoms with Gasteiger partial charge in [0.2, 0.25) is 5.91 Å². The van der Waals surface area contributed by atoms with Gasteiger partial charge in [0.1, 0.15) is 6.54 Å². The molecule has 0 atom stereocenters. The van der Waals surface area contributed by atoms with Gasteiger partial charge < -0.3 is 15.8 Å². The Morgan fingerprint density at radius 3 is 3.00 bits per heavy atom. The van der Waals surface area contributed by atoms with Crippen LogP contribution in [0.5, 0.6) is 0 Å². The summed E-state index contributed by atoms with van der Waals surface area (Å²) in [5, 5.41) is 5.34. The summed E-state index contributed by atoms with van der Waals surface area (Å²) in [5.74, 6) is -0.665. The first-order valence-electron chi connectivity index (χ1n) is 6.21. The average molecular weight is 285 g/mol. The number of nitrogens with one attached hydrogen (secondary N) is 1. The molecule has 1 aromatic heterocycles. The lowest BCUT2D eigenvalue weighted by atomic mass is 10.3. The summed E-state index contributed by atoms with van der Waals surface area (Å²) < 4.78 is 4.71. The minimum Gasteiger partial charge on any atom is -0.465 e. The number of carbonyl (C=O) groups is 2. The highest BCUT2D eigenvalue weighted by molar-refractivity contribution is 7.09. The van der Waals surface area contributed by atoms with Gasteiger partial charge in [0.25, 0.3) is 0 Å². The molecule has 106 valence electrons. The Morgan fingerprint density at radius 1 is 1.53 bits per heavy atom. The Balaban J connectivity index is 2.31. The number of rotatable bonds is 8. The van der Waals surface area contributed by atoms with Crippen LogP contribution in [0.3, 0.4) is 0 Å². The number of amides is 1. The van der Waals surface area contributed by atoms with Crippen molar-refractivity contribution in [3.63, 3.8) is 0 Å². The van der Waals surface area contributed by atoms with Gasteiger partial charge in [0.05, 0.1) is 23.7 Å². The highest BCUT2D eigenvalue weighted by atomic mass is 32.1. The minimum absolute atomic E-state index is 0.100. The van der Waals surface area contributed by atoms with Crippen LogP contribution in [-0.4, -0.2) is 36.6 Å². The molecule has 3 N–H and O–H groups in total. The van der Waals surface area contributed by atoms with Crippen LogP contribution in [-0.2, 0) is 27.2 Å². The quantitative estimate of drug-likeness (QED) is 0.668. The number of hydrogen-bond donors (Lipinski definition) is 2. The number of aryl methyl sites for hydroxylation is 1. The van der Waals surface area contributed by atoms with E-state index in [-0.39, 0.29) is 18.9 Å². The van der Waals surface area contributed by atoms with Crippen LogP contribution < -0.4 is 11.1 Å². The van der Waals surface area contributed by atoms with E-state index in [1.807, 2.05) is 5.38 Å². The van der Waals surface area contributed by atoms with Crippen LogP contribution in [0.1, 0.15) is 24.0 Å². The standard InChI is InChI=1S/C12H19N3O3S/c1-2-18-12(17)7-14-10(16)6-9-8-19-11(15-9)4-3-5-13/h8H,2-7,13H2,1H3,(H,14,16). The van der Waals surface area contributed by atoms with Crippen molar-refractivity contribution in [2.24, 2.45) is 5.73 Å². The van der Waals surface area contributed by atoms with Crippen molar-refractivity contribution in [1.29, 1.82) is 0 Å². The molecule has 19 heavy (non-hydrogen) atoms. The van der Waals surface area contributed by atoms with Gasteiger partial charge in [-0.3, -0.25) is 9.59 Å². The Bertz CT molecular complexity index is 420. The lowest BCUT2D eigenvalue weighted by Crippen LogP contribution is -2.31. The fourth-order valence-electron chi connectivity index (χ4n) is 1.41. The molecule has 0 aliphatic carbocycles. The molecule has 0 fully saturated rings. The van der Waals surface area contributed by atoms with Gasteiger partial charge in [-0.2, -0.15) is 0 Å². The highest BCUT2D eigenvalue weighted by Crippen LogP contribution is 2.11. The van der Waals surface area contributed by atoms with Gasteiger partial charge >= 0.3 is 5.97 Å². The Kier molecular flexibility index (Phi) is 7.06. The summed E-state index contributed by atoms with van der Waals surface area (Å²) in [5.41, 5.74) is 6.15. The van der Waals surface area contributed by atoms with Crippen molar-refractivity contribution < 1.29 is 14.3 Å². The van der Waals surface area contributed by atoms with Crippen LogP contribution in [0.4, 0.5) is 0 Å². The number of thiazole rings is 1. The van der Waals surface area contributed by atoms with Gasteiger partial charge in [-0.15, -0.1) is 11.3 Å². The van der Waals surface area contributed by atoms with E-state index >= 15 is 0 Å². The Hall–Kier alpha value is -1.47. The molecule has 0 aliphatic heterocycles. The van der Waals surface area contributed by atoms with Crippen molar-refractivity contribution >= 4 is 23.2 Å². The number of carbonyl (C=O) groups excluding carboxylic acids is 2. The molecular weight excluding hydrogens is 266 g/mol. The number of ether oxygens (including phenoxy) is 1. The summed E-state index contributed by atoms with van der Waals surface area (Å²) in [6, 6.07) is 0. The molecule has 0 unspecified atom stereocenters. The molecule has 0 aromatic carbocycles. The topological polar surface area (TPSA) is 94.3 Å². The first-order chi connectivity index (χ1) is 9.15. The second-order valence-electron chi connectivity index (χ2n) is 3.88. The van der Waals surface area contributed by atoms with Gasteiger partial charge in [0.15, 0.2) is 0 Å². The summed E-state index contributed by atoms with van der Waals surface area (Å²) in [7, 11) is 0. The molecule has 0 radical (unpaired) electrons. The molecule has 1 aromatic rings. The van der Waals surface area contributed by atoms with Crippen molar-refractivity contribution in [1.82, 2.24) is 10.3 Å². The molecule has 0 bridgehead atoms. The zero-order chi connectivity index (χ0) is 14.1. The number of hydrogen-bond acceptors (Lipinski definition) is 6. The molecule has 7 heteroatoms. The average Bonchev–Trinajstić information content (AvgIpc) is 2.82. The molecule has 0 saturated carbocycles. The van der Waals surface area contributed by atoms with E-state index in [2.05, 4.69) is 10.3 Å². The number of esters is 1. The molecule has 1 rings (SSSR count). The smallest absolute Gasteiger partial charge is 0.325 e.